The maximum Gasteiger partial charge on any atom is 0.256 e. The summed E-state index contributed by atoms with van der Waals surface area (Å²) in [5, 5.41) is 3.74. The normalized spacial score (nSPS) is 10.6. The largest absolute Gasteiger partial charge is 0.495 e. The summed E-state index contributed by atoms with van der Waals surface area (Å²) in [6, 6.07) is 20.5. The minimum absolute atomic E-state index is 0.214. The Balaban J connectivity index is 1.81. The number of anilines is 1. The zero-order valence-electron chi connectivity index (χ0n) is 14.7. The highest BCUT2D eigenvalue weighted by molar-refractivity contribution is 6.13. The molecule has 5 nitrogen and oxygen atoms in total. The molecule has 0 aliphatic rings. The van der Waals surface area contributed by atoms with Crippen molar-refractivity contribution >= 4 is 22.5 Å². The van der Waals surface area contributed by atoms with Gasteiger partial charge in [0.05, 0.1) is 29.6 Å². The Morgan fingerprint density at radius 3 is 2.52 bits per heavy atom. The van der Waals surface area contributed by atoms with Crippen molar-refractivity contribution < 1.29 is 9.53 Å². The van der Waals surface area contributed by atoms with Gasteiger partial charge in [0.25, 0.3) is 5.91 Å². The molecule has 27 heavy (non-hydrogen) atoms. The van der Waals surface area contributed by atoms with E-state index in [-0.39, 0.29) is 5.91 Å². The Morgan fingerprint density at radius 2 is 1.70 bits per heavy atom. The summed E-state index contributed by atoms with van der Waals surface area (Å²) in [5.41, 5.74) is 3.56. The van der Waals surface area contributed by atoms with Crippen LogP contribution < -0.4 is 10.1 Å². The third-order valence-electron chi connectivity index (χ3n) is 4.29. The van der Waals surface area contributed by atoms with Crippen molar-refractivity contribution in [1.82, 2.24) is 9.97 Å². The quantitative estimate of drug-likeness (QED) is 0.583. The number of amides is 1. The molecule has 0 radical (unpaired) electrons. The van der Waals surface area contributed by atoms with Gasteiger partial charge < -0.3 is 10.1 Å². The summed E-state index contributed by atoms with van der Waals surface area (Å²) in [6.07, 6.45) is 3.42. The van der Waals surface area contributed by atoms with Crippen LogP contribution in [0.1, 0.15) is 10.4 Å². The highest BCUT2D eigenvalue weighted by Gasteiger charge is 2.15. The summed E-state index contributed by atoms with van der Waals surface area (Å²) in [7, 11) is 1.58. The number of hydrogen-bond donors (Lipinski definition) is 1. The summed E-state index contributed by atoms with van der Waals surface area (Å²) >= 11 is 0. The standard InChI is InChI=1S/C22H17N3O2/c1-27-21-9-5-4-8-19(21)25-22(26)17-14-20(15-10-12-23-13-11-15)24-18-7-3-2-6-16(17)18/h2-14H,1H3,(H,25,26). The van der Waals surface area contributed by atoms with Gasteiger partial charge in [0.15, 0.2) is 0 Å². The van der Waals surface area contributed by atoms with Gasteiger partial charge in [-0.05, 0) is 36.4 Å². The second-order valence-corrected chi connectivity index (χ2v) is 5.96. The fraction of sp³-hybridized carbons (Fsp3) is 0.0455. The molecular formula is C22H17N3O2. The molecule has 4 aromatic rings. The molecule has 0 bridgehead atoms. The number of carbonyl (C=O) groups excluding carboxylic acids is 1. The molecule has 4 rings (SSSR count). The molecule has 2 aromatic heterocycles. The molecule has 0 spiro atoms. The van der Waals surface area contributed by atoms with Crippen LogP contribution in [-0.2, 0) is 0 Å². The predicted molar refractivity (Wildman–Crippen MR) is 106 cm³/mol. The van der Waals surface area contributed by atoms with E-state index in [0.29, 0.717) is 17.0 Å². The molecule has 2 aromatic carbocycles. The van der Waals surface area contributed by atoms with Gasteiger partial charge in [0.2, 0.25) is 0 Å². The summed E-state index contributed by atoms with van der Waals surface area (Å²) < 4.78 is 5.33. The number of methoxy groups -OCH3 is 1. The van der Waals surface area contributed by atoms with Crippen LogP contribution >= 0.6 is 0 Å². The van der Waals surface area contributed by atoms with E-state index < -0.39 is 0 Å². The average molecular weight is 355 g/mol. The molecule has 0 saturated carbocycles. The smallest absolute Gasteiger partial charge is 0.256 e. The number of nitrogens with zero attached hydrogens (tertiary/aromatic N) is 2. The number of aromatic nitrogens is 2. The second kappa shape index (κ2) is 7.25. The van der Waals surface area contributed by atoms with Crippen molar-refractivity contribution in [3.63, 3.8) is 0 Å². The lowest BCUT2D eigenvalue weighted by atomic mass is 10.0. The molecule has 0 saturated heterocycles. The van der Waals surface area contributed by atoms with Crippen LogP contribution in [0.3, 0.4) is 0 Å². The Bertz CT molecular complexity index is 1110. The first-order chi connectivity index (χ1) is 13.3. The van der Waals surface area contributed by atoms with Crippen molar-refractivity contribution in [1.29, 1.82) is 0 Å². The SMILES string of the molecule is COc1ccccc1NC(=O)c1cc(-c2ccncc2)nc2ccccc12. The van der Waals surface area contributed by atoms with E-state index in [1.54, 1.807) is 19.5 Å². The summed E-state index contributed by atoms with van der Waals surface area (Å²) in [4.78, 5) is 21.8. The highest BCUT2D eigenvalue weighted by atomic mass is 16.5. The molecule has 0 aliphatic carbocycles. The van der Waals surface area contributed by atoms with Gasteiger partial charge in [-0.2, -0.15) is 0 Å². The Labute approximate surface area is 156 Å². The van der Waals surface area contributed by atoms with Crippen LogP contribution in [0.4, 0.5) is 5.69 Å². The summed E-state index contributed by atoms with van der Waals surface area (Å²) in [6.45, 7) is 0. The fourth-order valence-corrected chi connectivity index (χ4v) is 2.97. The second-order valence-electron chi connectivity index (χ2n) is 5.96. The zero-order chi connectivity index (χ0) is 18.6. The highest BCUT2D eigenvalue weighted by Crippen LogP contribution is 2.27. The first-order valence-electron chi connectivity index (χ1n) is 8.51. The van der Waals surface area contributed by atoms with E-state index in [4.69, 9.17) is 9.72 Å². The van der Waals surface area contributed by atoms with Crippen molar-refractivity contribution in [2.45, 2.75) is 0 Å². The average Bonchev–Trinajstić information content (AvgIpc) is 2.74. The molecular weight excluding hydrogens is 338 g/mol. The maximum absolute atomic E-state index is 13.1. The molecule has 2 heterocycles. The van der Waals surface area contributed by atoms with Gasteiger partial charge in [-0.25, -0.2) is 4.98 Å². The monoisotopic (exact) mass is 355 g/mol. The maximum atomic E-state index is 13.1. The minimum atomic E-state index is -0.214. The number of ether oxygens (including phenoxy) is 1. The number of nitrogens with one attached hydrogen (secondary N) is 1. The van der Waals surface area contributed by atoms with Gasteiger partial charge >= 0.3 is 0 Å². The van der Waals surface area contributed by atoms with Gasteiger partial charge in [-0.1, -0.05) is 30.3 Å². The van der Waals surface area contributed by atoms with Crippen LogP contribution in [0, 0.1) is 0 Å². The molecule has 132 valence electrons. The van der Waals surface area contributed by atoms with Crippen LogP contribution in [0.25, 0.3) is 22.2 Å². The molecule has 0 aliphatic heterocycles. The molecule has 0 fully saturated rings. The van der Waals surface area contributed by atoms with Crippen molar-refractivity contribution in [3.05, 3.63) is 84.7 Å². The molecule has 0 unspecified atom stereocenters. The first-order valence-corrected chi connectivity index (χ1v) is 8.51. The minimum Gasteiger partial charge on any atom is -0.495 e. The molecule has 0 atom stereocenters. The van der Waals surface area contributed by atoms with E-state index in [1.165, 1.54) is 0 Å². The van der Waals surface area contributed by atoms with Crippen LogP contribution in [0.15, 0.2) is 79.1 Å². The van der Waals surface area contributed by atoms with Crippen molar-refractivity contribution in [2.24, 2.45) is 0 Å². The van der Waals surface area contributed by atoms with E-state index in [1.807, 2.05) is 66.7 Å². The fourth-order valence-electron chi connectivity index (χ4n) is 2.97. The number of para-hydroxylation sites is 3. The molecule has 5 heteroatoms. The van der Waals surface area contributed by atoms with E-state index in [2.05, 4.69) is 10.3 Å². The van der Waals surface area contributed by atoms with Gasteiger partial charge in [-0.15, -0.1) is 0 Å². The topological polar surface area (TPSA) is 64.1 Å². The molecule has 1 amide bonds. The third-order valence-corrected chi connectivity index (χ3v) is 4.29. The van der Waals surface area contributed by atoms with Crippen LogP contribution in [0.5, 0.6) is 5.75 Å². The van der Waals surface area contributed by atoms with Crippen LogP contribution in [-0.4, -0.2) is 23.0 Å². The lowest BCUT2D eigenvalue weighted by molar-refractivity contribution is 0.102. The van der Waals surface area contributed by atoms with Gasteiger partial charge in [0, 0.05) is 23.3 Å². The van der Waals surface area contributed by atoms with Crippen molar-refractivity contribution in [3.8, 4) is 17.0 Å². The Kier molecular flexibility index (Phi) is 4.49. The number of fused-ring (bicyclic) bond motifs is 1. The number of benzene rings is 2. The number of pyridine rings is 2. The van der Waals surface area contributed by atoms with Crippen LogP contribution in [0.2, 0.25) is 0 Å². The number of rotatable bonds is 4. The van der Waals surface area contributed by atoms with E-state index in [9.17, 15) is 4.79 Å². The third kappa shape index (κ3) is 3.35. The van der Waals surface area contributed by atoms with Gasteiger partial charge in [-0.3, -0.25) is 9.78 Å². The number of hydrogen-bond acceptors (Lipinski definition) is 4. The first kappa shape index (κ1) is 16.7. The zero-order valence-corrected chi connectivity index (χ0v) is 14.7. The Morgan fingerprint density at radius 1 is 0.963 bits per heavy atom. The van der Waals surface area contributed by atoms with Gasteiger partial charge in [0.1, 0.15) is 5.75 Å². The number of carbonyl (C=O) groups is 1. The lowest BCUT2D eigenvalue weighted by Crippen LogP contribution is -2.13. The summed E-state index contributed by atoms with van der Waals surface area (Å²) in [5.74, 6) is 0.395. The predicted octanol–water partition coefficient (Wildman–Crippen LogP) is 4.56. The molecule has 1 N–H and O–H groups in total. The van der Waals surface area contributed by atoms with Crippen molar-refractivity contribution in [2.75, 3.05) is 12.4 Å². The van der Waals surface area contributed by atoms with E-state index >= 15 is 0 Å². The Hall–Kier alpha value is -3.73. The lowest BCUT2D eigenvalue weighted by Gasteiger charge is -2.12. The van der Waals surface area contributed by atoms with E-state index in [0.717, 1.165) is 22.2 Å².